The van der Waals surface area contributed by atoms with Crippen molar-refractivity contribution in [1.82, 2.24) is 25.3 Å². The fourth-order valence-electron chi connectivity index (χ4n) is 3.43. The van der Waals surface area contributed by atoms with Crippen LogP contribution in [0, 0.1) is 5.92 Å². The van der Waals surface area contributed by atoms with Gasteiger partial charge in [0, 0.05) is 44.6 Å². The lowest BCUT2D eigenvalue weighted by atomic mass is 10.2. The lowest BCUT2D eigenvalue weighted by Gasteiger charge is -2.16. The smallest absolute Gasteiger partial charge is 0.315 e. The van der Waals surface area contributed by atoms with Crippen LogP contribution in [0.1, 0.15) is 24.8 Å². The van der Waals surface area contributed by atoms with Crippen molar-refractivity contribution in [3.05, 3.63) is 48.3 Å². The molecule has 2 aromatic rings. The second-order valence-electron chi connectivity index (χ2n) is 7.14. The Balaban J connectivity index is 1.24. The monoisotopic (exact) mass is 339 g/mol. The molecule has 1 saturated carbocycles. The van der Waals surface area contributed by atoms with Crippen molar-refractivity contribution in [3.8, 4) is 5.69 Å². The molecule has 6 nitrogen and oxygen atoms in total. The van der Waals surface area contributed by atoms with Crippen LogP contribution < -0.4 is 10.6 Å². The Morgan fingerprint density at radius 1 is 1.24 bits per heavy atom. The van der Waals surface area contributed by atoms with E-state index in [-0.39, 0.29) is 12.1 Å². The number of rotatable bonds is 6. The number of benzene rings is 1. The lowest BCUT2D eigenvalue weighted by molar-refractivity contribution is 0.235. The highest BCUT2D eigenvalue weighted by Crippen LogP contribution is 2.30. The molecule has 0 bridgehead atoms. The van der Waals surface area contributed by atoms with Gasteiger partial charge in [-0.3, -0.25) is 0 Å². The Morgan fingerprint density at radius 2 is 2.16 bits per heavy atom. The van der Waals surface area contributed by atoms with Gasteiger partial charge in [0.2, 0.25) is 0 Å². The summed E-state index contributed by atoms with van der Waals surface area (Å²) in [6, 6.07) is 10.1. The molecule has 6 heteroatoms. The van der Waals surface area contributed by atoms with Gasteiger partial charge in [-0.15, -0.1) is 0 Å². The molecular formula is C19H25N5O. The predicted molar refractivity (Wildman–Crippen MR) is 96.5 cm³/mol. The van der Waals surface area contributed by atoms with E-state index in [1.165, 1.54) is 19.4 Å². The fraction of sp³-hybridized carbons (Fsp3) is 0.474. The van der Waals surface area contributed by atoms with Crippen LogP contribution in [0.2, 0.25) is 0 Å². The zero-order valence-corrected chi connectivity index (χ0v) is 14.4. The maximum absolute atomic E-state index is 12.2. The summed E-state index contributed by atoms with van der Waals surface area (Å²) in [5, 5.41) is 10.3. The first kappa shape index (κ1) is 16.1. The molecule has 1 aliphatic heterocycles. The zero-order chi connectivity index (χ0) is 17.1. The number of aromatic nitrogens is 2. The number of hydrogen-bond donors (Lipinski definition) is 2. The van der Waals surface area contributed by atoms with Gasteiger partial charge in [0.1, 0.15) is 0 Å². The van der Waals surface area contributed by atoms with Crippen LogP contribution in [0.5, 0.6) is 0 Å². The van der Waals surface area contributed by atoms with E-state index in [4.69, 9.17) is 0 Å². The summed E-state index contributed by atoms with van der Waals surface area (Å²) in [6.45, 7) is 3.81. The van der Waals surface area contributed by atoms with Gasteiger partial charge >= 0.3 is 6.03 Å². The summed E-state index contributed by atoms with van der Waals surface area (Å²) < 4.78 is 1.82. The maximum Gasteiger partial charge on any atom is 0.315 e. The summed E-state index contributed by atoms with van der Waals surface area (Å²) >= 11 is 0. The third kappa shape index (κ3) is 4.39. The number of carbonyl (C=O) groups excluding carboxylic acids is 1. The van der Waals surface area contributed by atoms with E-state index in [1.807, 2.05) is 41.2 Å². The maximum atomic E-state index is 12.2. The first-order valence-electron chi connectivity index (χ1n) is 9.12. The summed E-state index contributed by atoms with van der Waals surface area (Å²) in [5.74, 6) is 0.912. The van der Waals surface area contributed by atoms with Crippen LogP contribution in [0.4, 0.5) is 4.79 Å². The Bertz CT molecular complexity index is 710. The summed E-state index contributed by atoms with van der Waals surface area (Å²) in [4.78, 5) is 14.7. The Labute approximate surface area is 148 Å². The zero-order valence-electron chi connectivity index (χ0n) is 14.4. The standard InChI is InChI=1S/C19H25N5O/c25-19(22-17-7-10-23(14-17)13-15-5-6-15)20-12-16-3-1-4-18(11-16)24-9-2-8-21-24/h1-4,8-9,11,15,17H,5-7,10,12-14H2,(H2,20,22,25)/t17-/m0/s1. The van der Waals surface area contributed by atoms with Gasteiger partial charge in [-0.05, 0) is 48.9 Å². The number of urea groups is 1. The molecule has 0 spiro atoms. The van der Waals surface area contributed by atoms with E-state index in [9.17, 15) is 4.79 Å². The number of nitrogens with one attached hydrogen (secondary N) is 2. The molecule has 2 aliphatic rings. The number of amides is 2. The van der Waals surface area contributed by atoms with Gasteiger partial charge in [-0.25, -0.2) is 9.48 Å². The number of hydrogen-bond acceptors (Lipinski definition) is 3. The molecular weight excluding hydrogens is 314 g/mol. The first-order chi connectivity index (χ1) is 12.3. The van der Waals surface area contributed by atoms with Crippen LogP contribution in [-0.2, 0) is 6.54 Å². The van der Waals surface area contributed by atoms with Crippen molar-refractivity contribution >= 4 is 6.03 Å². The minimum absolute atomic E-state index is 0.0808. The van der Waals surface area contributed by atoms with Gasteiger partial charge in [-0.2, -0.15) is 5.10 Å². The molecule has 1 atom stereocenters. The summed E-state index contributed by atoms with van der Waals surface area (Å²) in [7, 11) is 0. The molecule has 1 aromatic carbocycles. The van der Waals surface area contributed by atoms with E-state index in [2.05, 4.69) is 20.6 Å². The largest absolute Gasteiger partial charge is 0.334 e. The predicted octanol–water partition coefficient (Wildman–Crippen LogP) is 2.16. The molecule has 0 unspecified atom stereocenters. The van der Waals surface area contributed by atoms with Crippen molar-refractivity contribution < 1.29 is 4.79 Å². The van der Waals surface area contributed by atoms with E-state index in [0.29, 0.717) is 6.54 Å². The van der Waals surface area contributed by atoms with Gasteiger partial charge in [0.05, 0.1) is 5.69 Å². The quantitative estimate of drug-likeness (QED) is 0.848. The lowest BCUT2D eigenvalue weighted by Crippen LogP contribution is -2.43. The molecule has 1 aromatic heterocycles. The number of nitrogens with zero attached hydrogens (tertiary/aromatic N) is 3. The van der Waals surface area contributed by atoms with E-state index < -0.39 is 0 Å². The van der Waals surface area contributed by atoms with Gasteiger partial charge in [-0.1, -0.05) is 12.1 Å². The van der Waals surface area contributed by atoms with Crippen molar-refractivity contribution in [2.24, 2.45) is 5.92 Å². The Kier molecular flexibility index (Phi) is 4.70. The Hall–Kier alpha value is -2.34. The fourth-order valence-corrected chi connectivity index (χ4v) is 3.43. The number of likely N-dealkylation sites (tertiary alicyclic amines) is 1. The molecule has 132 valence electrons. The van der Waals surface area contributed by atoms with Crippen molar-refractivity contribution in [2.75, 3.05) is 19.6 Å². The SMILES string of the molecule is O=C(NCc1cccc(-n2cccn2)c1)N[C@H]1CCN(CC2CC2)C1. The van der Waals surface area contributed by atoms with Gasteiger partial charge in [0.25, 0.3) is 0 Å². The van der Waals surface area contributed by atoms with Gasteiger partial charge < -0.3 is 15.5 Å². The molecule has 2 amide bonds. The molecule has 1 saturated heterocycles. The van der Waals surface area contributed by atoms with Crippen LogP contribution in [0.25, 0.3) is 5.69 Å². The van der Waals surface area contributed by atoms with E-state index in [0.717, 1.165) is 36.7 Å². The average molecular weight is 339 g/mol. The highest BCUT2D eigenvalue weighted by Gasteiger charge is 2.29. The molecule has 25 heavy (non-hydrogen) atoms. The summed E-state index contributed by atoms with van der Waals surface area (Å²) in [6.07, 6.45) is 7.48. The van der Waals surface area contributed by atoms with E-state index in [1.54, 1.807) is 6.20 Å². The highest BCUT2D eigenvalue weighted by atomic mass is 16.2. The molecule has 2 N–H and O–H groups in total. The number of carbonyl (C=O) groups is 1. The Morgan fingerprint density at radius 3 is 2.96 bits per heavy atom. The van der Waals surface area contributed by atoms with Crippen molar-refractivity contribution in [2.45, 2.75) is 31.8 Å². The molecule has 2 heterocycles. The van der Waals surface area contributed by atoms with Crippen molar-refractivity contribution in [1.29, 1.82) is 0 Å². The second kappa shape index (κ2) is 7.27. The van der Waals surface area contributed by atoms with Crippen molar-refractivity contribution in [3.63, 3.8) is 0 Å². The van der Waals surface area contributed by atoms with E-state index >= 15 is 0 Å². The normalized spacial score (nSPS) is 20.6. The third-order valence-electron chi connectivity index (χ3n) is 4.95. The molecule has 0 radical (unpaired) electrons. The van der Waals surface area contributed by atoms with Gasteiger partial charge in [0.15, 0.2) is 0 Å². The minimum atomic E-state index is -0.0808. The average Bonchev–Trinajstić information content (AvgIpc) is 3.10. The molecule has 1 aliphatic carbocycles. The summed E-state index contributed by atoms with van der Waals surface area (Å²) in [5.41, 5.74) is 2.06. The van der Waals surface area contributed by atoms with Crippen LogP contribution in [0.3, 0.4) is 0 Å². The topological polar surface area (TPSA) is 62.2 Å². The molecule has 4 rings (SSSR count). The minimum Gasteiger partial charge on any atom is -0.334 e. The second-order valence-corrected chi connectivity index (χ2v) is 7.14. The first-order valence-corrected chi connectivity index (χ1v) is 9.12. The molecule has 2 fully saturated rings. The van der Waals surface area contributed by atoms with Crippen LogP contribution in [-0.4, -0.2) is 46.4 Å². The van der Waals surface area contributed by atoms with Crippen LogP contribution in [0.15, 0.2) is 42.7 Å². The third-order valence-corrected chi connectivity index (χ3v) is 4.95. The highest BCUT2D eigenvalue weighted by molar-refractivity contribution is 5.74. The van der Waals surface area contributed by atoms with Crippen LogP contribution >= 0.6 is 0 Å².